The summed E-state index contributed by atoms with van der Waals surface area (Å²) in [5.74, 6) is 0. The van der Waals surface area contributed by atoms with E-state index in [9.17, 15) is 4.79 Å². The van der Waals surface area contributed by atoms with E-state index in [0.29, 0.717) is 62.0 Å². The van der Waals surface area contributed by atoms with E-state index in [4.69, 9.17) is 77.1 Å². The van der Waals surface area contributed by atoms with Gasteiger partial charge in [0.25, 0.3) is 0 Å². The van der Waals surface area contributed by atoms with Crippen LogP contribution in [0.25, 0.3) is 16.9 Å². The fourth-order valence-electron chi connectivity index (χ4n) is 8.77. The molecule has 8 rings (SSSR count). The van der Waals surface area contributed by atoms with Crippen LogP contribution >= 0.6 is 78.3 Å². The maximum Gasteiger partial charge on any atom is 0 e. The molecule has 26 heteroatoms. The number of imidazole rings is 1. The summed E-state index contributed by atoms with van der Waals surface area (Å²) in [6.45, 7) is 21.6. The van der Waals surface area contributed by atoms with Crippen molar-refractivity contribution in [3.63, 3.8) is 0 Å². The van der Waals surface area contributed by atoms with Gasteiger partial charge in [0.1, 0.15) is 5.52 Å². The third kappa shape index (κ3) is 28.7. The molecule has 17 nitrogen and oxygen atoms in total. The van der Waals surface area contributed by atoms with Gasteiger partial charge in [-0.3, -0.25) is 16.2 Å². The first-order valence-electron chi connectivity index (χ1n) is 25.1. The Morgan fingerprint density at radius 3 is 1.62 bits per heavy atom. The Kier molecular flexibility index (Phi) is 55.2. The van der Waals surface area contributed by atoms with Gasteiger partial charge in [0.05, 0.1) is 61.7 Å². The molecule has 0 spiro atoms. The van der Waals surface area contributed by atoms with E-state index in [-0.39, 0.29) is 143 Å². The van der Waals surface area contributed by atoms with Crippen molar-refractivity contribution in [3.05, 3.63) is 96.7 Å². The Morgan fingerprint density at radius 2 is 1.20 bits per heavy atom. The molecule has 0 bridgehead atoms. The van der Waals surface area contributed by atoms with Gasteiger partial charge in [-0.1, -0.05) is 97.6 Å². The van der Waals surface area contributed by atoms with Crippen molar-refractivity contribution in [1.29, 1.82) is 10.5 Å². The molecule has 3 aliphatic rings. The summed E-state index contributed by atoms with van der Waals surface area (Å²) in [6.07, 6.45) is 9.22. The number of nitrogens with one attached hydrogen (secondary N) is 3. The number of nitriles is 2. The van der Waals surface area contributed by atoms with Gasteiger partial charge in [0.15, 0.2) is 10.8 Å². The van der Waals surface area contributed by atoms with Crippen LogP contribution in [0.3, 0.4) is 0 Å². The molecular formula is C56H86Cl5CuIK2N14O3. The van der Waals surface area contributed by atoms with Crippen molar-refractivity contribution in [2.24, 2.45) is 11.5 Å². The molecule has 0 unspecified atom stereocenters. The zero-order valence-electron chi connectivity index (χ0n) is 47.0. The second-order valence-electron chi connectivity index (χ2n) is 17.6. The molecule has 1 aliphatic carbocycles. The summed E-state index contributed by atoms with van der Waals surface area (Å²) < 4.78 is 2.48. The number of benzene rings is 2. The molecule has 3 aromatic heterocycles. The SMILES string of the molecule is C.C.C.CCC(CC)N1CCNc2c1cc(C)nc2Cl.CCC(CC)N1CCn2c(=O)n(-c3ccc(C#N)cc3Cl)c3nc(C)cc1c32.CNCCNC.N#Cc1ccc(N)c(Cl)c1.N[C@@H]1CCCC[C@H]1N.O=C(Cl)Cl.[CH-]=O.[Cu+][I].[K].[K]. The molecule has 0 saturated heterocycles. The fraction of sp³-hybridized carbons (Fsp3) is 0.518. The smallest absolute Gasteiger partial charge is 0 e. The number of nitrogens with two attached hydrogens (primary N) is 3. The average Bonchev–Trinajstić information content (AvgIpc) is 3.70. The molecule has 453 valence electrons. The average molecular weight is 1450 g/mol. The van der Waals surface area contributed by atoms with Crippen LogP contribution in [0, 0.1) is 36.5 Å². The van der Waals surface area contributed by atoms with Crippen LogP contribution in [-0.4, -0.2) is 204 Å². The summed E-state index contributed by atoms with van der Waals surface area (Å²) in [5, 5.41) is 28.3. The molecule has 5 aromatic rings. The Bertz CT molecular complexity index is 2730. The zero-order chi connectivity index (χ0) is 58.4. The first-order valence-corrected chi connectivity index (χ1v) is 30.0. The van der Waals surface area contributed by atoms with Gasteiger partial charge in [0.2, 0.25) is 0 Å². The molecule has 2 atom stereocenters. The predicted octanol–water partition coefficient (Wildman–Crippen LogP) is 12.3. The monoisotopic (exact) mass is 1450 g/mol. The van der Waals surface area contributed by atoms with Crippen LogP contribution in [0.2, 0.25) is 15.2 Å². The maximum absolute atomic E-state index is 13.3. The van der Waals surface area contributed by atoms with Crippen LogP contribution in [0.15, 0.2) is 53.3 Å². The molecule has 5 heterocycles. The Hall–Kier alpha value is -0.658. The number of nitrogens with zero attached hydrogens (tertiary/aromatic N) is 8. The largest absolute Gasteiger partial charge is 0 e. The van der Waals surface area contributed by atoms with Gasteiger partial charge in [0, 0.05) is 178 Å². The van der Waals surface area contributed by atoms with Crippen molar-refractivity contribution in [1.82, 2.24) is 29.7 Å². The van der Waals surface area contributed by atoms with Gasteiger partial charge in [-0.25, -0.2) is 19.3 Å². The first-order chi connectivity index (χ1) is 36.8. The summed E-state index contributed by atoms with van der Waals surface area (Å²) in [5.41, 5.74) is 25.2. The third-order valence-corrected chi connectivity index (χ3v) is 13.5. The van der Waals surface area contributed by atoms with Crippen molar-refractivity contribution < 1.29 is 22.4 Å². The summed E-state index contributed by atoms with van der Waals surface area (Å²) in [4.78, 5) is 43.9. The number of hydrogen-bond acceptors (Lipinski definition) is 15. The Balaban J connectivity index is -0.000000315. The predicted molar refractivity (Wildman–Crippen MR) is 358 cm³/mol. The molecule has 1 fully saturated rings. The number of aromatic nitrogens is 4. The van der Waals surface area contributed by atoms with E-state index >= 15 is 0 Å². The van der Waals surface area contributed by atoms with Crippen LogP contribution in [0.1, 0.15) is 124 Å². The van der Waals surface area contributed by atoms with Crippen LogP contribution < -0.4 is 48.6 Å². The van der Waals surface area contributed by atoms with Gasteiger partial charge in [-0.15, -0.1) is 0 Å². The van der Waals surface area contributed by atoms with Gasteiger partial charge >= 0.3 is 43.5 Å². The number of halogens is 6. The van der Waals surface area contributed by atoms with E-state index in [2.05, 4.69) is 119 Å². The molecule has 2 radical (unpaired) electrons. The molecule has 1 saturated carbocycles. The van der Waals surface area contributed by atoms with E-state index in [0.717, 1.165) is 99.5 Å². The quantitative estimate of drug-likeness (QED) is 0.0111. The molecule has 9 N–H and O–H groups in total. The summed E-state index contributed by atoms with van der Waals surface area (Å²) in [6, 6.07) is 19.6. The second kappa shape index (κ2) is 50.2. The number of aryl methyl sites for hydroxylation is 2. The van der Waals surface area contributed by atoms with E-state index in [1.165, 1.54) is 24.6 Å². The number of anilines is 4. The standard InChI is InChI=1S/C21H22ClN5O.C13H20ClN3.C7H5ClN2.C6H14N2.C4H12N2.CCl2O.CHO.3CH4.Cu.HI.2K/c1-4-15(5-2)25-8-9-26-19-18(25)10-13(3)24-20(19)27(21(26)28)17-7-6-14(12-23)11-16(17)22;1-4-10(5-2)17-7-6-15-12-11(17)8-9(3)16-13(12)14;8-6-3-5(4-9)1-2-7(6)10;7-5-3-1-2-4-6(5)8;1-5-3-4-6-2;2-1(3)4;1-2;;;;;;;/h6-7,10-11,15H,4-5,8-9H2,1-3H3;8,10,15H,4-7H2,1-3H3;1-3H,10H2;5-6H,1-4,7-8H2;5-6H,3-4H2,1-2H3;;1H;3*1H4;;1H;;/q;;;;;;-1;;;;+2;;;/p-1/t;;;5-,6-;;;;;;;;;;/m...1........../s1. The number of carbonyl (C=O) groups is 1. The van der Waals surface area contributed by atoms with Crippen molar-refractivity contribution >= 4 is 227 Å². The first kappa shape index (κ1) is 90.1. The zero-order valence-corrected chi connectivity index (χ0v) is 60.1. The van der Waals surface area contributed by atoms with Crippen molar-refractivity contribution in [2.45, 2.75) is 146 Å². The van der Waals surface area contributed by atoms with Gasteiger partial charge in [-0.05, 0) is 138 Å². The number of nitrogen functional groups attached to an aromatic ring is 1. The number of rotatable bonds is 10. The summed E-state index contributed by atoms with van der Waals surface area (Å²) in [7, 11) is 3.88. The minimum absolute atomic E-state index is 0. The number of hydrogen-bond donors (Lipinski definition) is 6. The summed E-state index contributed by atoms with van der Waals surface area (Å²) >= 11 is 32.9. The third-order valence-electron chi connectivity index (χ3n) is 12.6. The van der Waals surface area contributed by atoms with Gasteiger partial charge in [-0.2, -0.15) is 10.5 Å². The molecular weight excluding hydrogens is 1360 g/mol. The minimum atomic E-state index is -0.889. The second-order valence-corrected chi connectivity index (χ2v) is 19.7. The van der Waals surface area contributed by atoms with E-state index in [1.807, 2.05) is 34.0 Å². The molecule has 82 heavy (non-hydrogen) atoms. The Morgan fingerprint density at radius 1 is 0.756 bits per heavy atom. The maximum atomic E-state index is 13.3. The van der Waals surface area contributed by atoms with Gasteiger partial charge < -0.3 is 47.7 Å². The van der Waals surface area contributed by atoms with Crippen molar-refractivity contribution in [3.8, 4) is 17.8 Å². The Labute approximate surface area is 619 Å². The van der Waals surface area contributed by atoms with E-state index in [1.54, 1.807) is 59.8 Å². The minimum Gasteiger partial charge on any atom is 0 e. The van der Waals surface area contributed by atoms with E-state index < -0.39 is 4.70 Å². The fourth-order valence-corrected chi connectivity index (χ4v) is 9.51. The van der Waals surface area contributed by atoms with Crippen LogP contribution in [0.5, 0.6) is 0 Å². The van der Waals surface area contributed by atoms with Crippen LogP contribution in [-0.2, 0) is 24.1 Å². The number of likely N-dealkylation sites (N-methyl/N-ethyl adjacent to an activating group) is 2. The molecule has 2 aliphatic heterocycles. The number of carbonyl (C=O) groups excluding carboxylic acids is 2. The number of pyridine rings is 2. The molecule has 2 aromatic carbocycles. The van der Waals surface area contributed by atoms with Crippen molar-refractivity contribution in [2.75, 3.05) is 67.7 Å². The molecule has 0 amide bonds. The number of fused-ring (bicyclic) bond motifs is 1. The topological polar surface area (TPSA) is 255 Å². The van der Waals surface area contributed by atoms with Crippen LogP contribution in [0.4, 0.5) is 27.5 Å². The normalized spacial score (nSPS) is 13.7.